The lowest BCUT2D eigenvalue weighted by Crippen LogP contribution is -2.54. The smallest absolute Gasteiger partial charge is 0.411 e. The van der Waals surface area contributed by atoms with E-state index in [0.29, 0.717) is 30.5 Å². The molecule has 11 heteroatoms. The molecule has 2 aromatic carbocycles. The largest absolute Gasteiger partial charge is 0.497 e. The van der Waals surface area contributed by atoms with Crippen molar-refractivity contribution in [2.75, 3.05) is 13.4 Å². The number of benzene rings is 2. The Bertz CT molecular complexity index is 902. The molecule has 0 spiro atoms. The molecule has 0 atom stereocenters. The highest BCUT2D eigenvalue weighted by Crippen LogP contribution is 2.56. The van der Waals surface area contributed by atoms with Crippen molar-refractivity contribution in [1.29, 1.82) is 0 Å². The second-order valence-corrected chi connectivity index (χ2v) is 7.36. The van der Waals surface area contributed by atoms with Crippen LogP contribution in [-0.2, 0) is 15.5 Å². The van der Waals surface area contributed by atoms with Crippen LogP contribution in [0.15, 0.2) is 48.5 Å². The van der Waals surface area contributed by atoms with Gasteiger partial charge in [0, 0.05) is 0 Å². The van der Waals surface area contributed by atoms with Gasteiger partial charge in [0.1, 0.15) is 11.5 Å². The maximum atomic E-state index is 13.9. The van der Waals surface area contributed by atoms with Crippen LogP contribution < -0.4 is 8.92 Å². The van der Waals surface area contributed by atoms with Crippen molar-refractivity contribution in [1.82, 2.24) is 0 Å². The van der Waals surface area contributed by atoms with Crippen molar-refractivity contribution >= 4 is 10.1 Å². The second kappa shape index (κ2) is 7.19. The average molecular weight is 428 g/mol. The van der Waals surface area contributed by atoms with Crippen LogP contribution in [-0.4, -0.2) is 34.1 Å². The van der Waals surface area contributed by atoms with Crippen LogP contribution in [0.3, 0.4) is 0 Å². The van der Waals surface area contributed by atoms with Gasteiger partial charge in [0.05, 0.1) is 13.4 Å². The van der Waals surface area contributed by atoms with Crippen LogP contribution in [0.2, 0.25) is 0 Å². The SMILES string of the molecule is COc1ccc(C(c2ccc(OS(C)(=O)=O)cc2)(C(F)(F)F)C(F)(F)F)cc1. The summed E-state index contributed by atoms with van der Waals surface area (Å²) in [4.78, 5) is 0. The van der Waals surface area contributed by atoms with Crippen molar-refractivity contribution in [3.63, 3.8) is 0 Å². The van der Waals surface area contributed by atoms with Crippen molar-refractivity contribution in [3.8, 4) is 11.5 Å². The van der Waals surface area contributed by atoms with Crippen LogP contribution in [0.4, 0.5) is 26.3 Å². The standard InChI is InChI=1S/C17H14F6O4S/c1-26-13-7-3-11(4-8-13)15(16(18,19)20,17(21,22)23)12-5-9-14(10-6-12)27-28(2,24)25/h3-10H,1-2H3. The number of halogens is 6. The molecule has 28 heavy (non-hydrogen) atoms. The van der Waals surface area contributed by atoms with Crippen molar-refractivity contribution in [2.45, 2.75) is 17.8 Å². The third-order valence-corrected chi connectivity index (χ3v) is 4.40. The molecule has 0 aliphatic heterocycles. The van der Waals surface area contributed by atoms with E-state index in [1.807, 2.05) is 0 Å². The summed E-state index contributed by atoms with van der Waals surface area (Å²) in [6.45, 7) is 0. The molecule has 2 rings (SSSR count). The van der Waals surface area contributed by atoms with Crippen LogP contribution in [0.25, 0.3) is 0 Å². The van der Waals surface area contributed by atoms with Crippen molar-refractivity contribution < 1.29 is 43.7 Å². The minimum absolute atomic E-state index is 0.0823. The summed E-state index contributed by atoms with van der Waals surface area (Å²) >= 11 is 0. The fourth-order valence-electron chi connectivity index (χ4n) is 2.76. The van der Waals surface area contributed by atoms with Gasteiger partial charge >= 0.3 is 22.5 Å². The van der Waals surface area contributed by atoms with Crippen LogP contribution in [0.1, 0.15) is 11.1 Å². The predicted octanol–water partition coefficient (Wildman–Crippen LogP) is 4.44. The zero-order chi connectivity index (χ0) is 21.4. The fraction of sp³-hybridized carbons (Fsp3) is 0.294. The summed E-state index contributed by atoms with van der Waals surface area (Å²) in [5.74, 6) is -0.335. The Labute approximate surface area is 156 Å². The first kappa shape index (κ1) is 21.9. The highest BCUT2D eigenvalue weighted by Gasteiger charge is 2.72. The van der Waals surface area contributed by atoms with Gasteiger partial charge in [-0.3, -0.25) is 0 Å². The molecule has 0 N–H and O–H groups in total. The van der Waals surface area contributed by atoms with Gasteiger partial charge in [0.25, 0.3) is 0 Å². The topological polar surface area (TPSA) is 52.6 Å². The van der Waals surface area contributed by atoms with Gasteiger partial charge in [0.2, 0.25) is 5.41 Å². The Balaban J connectivity index is 2.74. The molecule has 0 amide bonds. The molecule has 0 radical (unpaired) electrons. The highest BCUT2D eigenvalue weighted by molar-refractivity contribution is 7.86. The summed E-state index contributed by atoms with van der Waals surface area (Å²) < 4.78 is 115. The molecule has 0 aromatic heterocycles. The van der Waals surface area contributed by atoms with Gasteiger partial charge in [-0.05, 0) is 35.4 Å². The number of hydrogen-bond donors (Lipinski definition) is 0. The molecule has 0 heterocycles. The third kappa shape index (κ3) is 4.03. The van der Waals surface area contributed by atoms with Gasteiger partial charge in [-0.15, -0.1) is 0 Å². The normalized spacial score (nSPS) is 13.3. The predicted molar refractivity (Wildman–Crippen MR) is 87.8 cm³/mol. The van der Waals surface area contributed by atoms with E-state index in [0.717, 1.165) is 24.3 Å². The molecule has 2 aromatic rings. The Morgan fingerprint density at radius 2 is 1.07 bits per heavy atom. The first-order valence-electron chi connectivity index (χ1n) is 7.50. The molecule has 4 nitrogen and oxygen atoms in total. The van der Waals surface area contributed by atoms with Crippen LogP contribution in [0.5, 0.6) is 11.5 Å². The van der Waals surface area contributed by atoms with E-state index in [2.05, 4.69) is 4.18 Å². The maximum absolute atomic E-state index is 13.9. The summed E-state index contributed by atoms with van der Waals surface area (Å²) in [6, 6.07) is 5.86. The van der Waals surface area contributed by atoms with E-state index in [9.17, 15) is 34.8 Å². The highest BCUT2D eigenvalue weighted by atomic mass is 32.2. The Kier molecular flexibility index (Phi) is 5.61. The van der Waals surface area contributed by atoms with Gasteiger partial charge in [-0.2, -0.15) is 34.8 Å². The maximum Gasteiger partial charge on any atom is 0.411 e. The van der Waals surface area contributed by atoms with Crippen molar-refractivity contribution in [3.05, 3.63) is 59.7 Å². The lowest BCUT2D eigenvalue weighted by atomic mass is 9.73. The molecule has 0 saturated heterocycles. The van der Waals surface area contributed by atoms with Gasteiger partial charge < -0.3 is 8.92 Å². The molecule has 154 valence electrons. The molecule has 0 bridgehead atoms. The number of hydrogen-bond acceptors (Lipinski definition) is 4. The van der Waals surface area contributed by atoms with Crippen LogP contribution in [0, 0.1) is 0 Å². The molecule has 0 unspecified atom stereocenters. The first-order chi connectivity index (χ1) is 12.7. The molecular weight excluding hydrogens is 414 g/mol. The fourth-order valence-corrected chi connectivity index (χ4v) is 3.22. The van der Waals surface area contributed by atoms with Crippen LogP contribution >= 0.6 is 0 Å². The Morgan fingerprint density at radius 1 is 0.714 bits per heavy atom. The molecule has 0 fully saturated rings. The van der Waals surface area contributed by atoms with E-state index in [1.165, 1.54) is 7.11 Å². The monoisotopic (exact) mass is 428 g/mol. The minimum atomic E-state index is -5.75. The number of alkyl halides is 6. The second-order valence-electron chi connectivity index (χ2n) is 5.79. The van der Waals surface area contributed by atoms with E-state index in [4.69, 9.17) is 4.74 Å². The Hall–Kier alpha value is -2.43. The molecular formula is C17H14F6O4S. The summed E-state index contributed by atoms with van der Waals surface area (Å²) in [7, 11) is -2.78. The van der Waals surface area contributed by atoms with E-state index >= 15 is 0 Å². The number of rotatable bonds is 5. The van der Waals surface area contributed by atoms with Gasteiger partial charge in [-0.1, -0.05) is 24.3 Å². The minimum Gasteiger partial charge on any atom is -0.497 e. The van der Waals surface area contributed by atoms with Crippen molar-refractivity contribution in [2.24, 2.45) is 0 Å². The third-order valence-electron chi connectivity index (χ3n) is 3.91. The van der Waals surface area contributed by atoms with E-state index in [1.54, 1.807) is 0 Å². The number of ether oxygens (including phenoxy) is 1. The van der Waals surface area contributed by atoms with Gasteiger partial charge in [-0.25, -0.2) is 0 Å². The summed E-state index contributed by atoms with van der Waals surface area (Å²) in [5.41, 5.74) is -6.54. The first-order valence-corrected chi connectivity index (χ1v) is 9.32. The lowest BCUT2D eigenvalue weighted by molar-refractivity contribution is -0.288. The van der Waals surface area contributed by atoms with E-state index in [-0.39, 0.29) is 5.75 Å². The average Bonchev–Trinajstić information content (AvgIpc) is 2.53. The zero-order valence-electron chi connectivity index (χ0n) is 14.4. The van der Waals surface area contributed by atoms with Gasteiger partial charge in [0.15, 0.2) is 0 Å². The molecule has 0 aliphatic carbocycles. The number of methoxy groups -OCH3 is 1. The quantitative estimate of drug-likeness (QED) is 0.522. The zero-order valence-corrected chi connectivity index (χ0v) is 15.2. The summed E-state index contributed by atoms with van der Waals surface area (Å²) in [5, 5.41) is 0. The molecule has 0 saturated carbocycles. The lowest BCUT2D eigenvalue weighted by Gasteiger charge is -2.38. The van der Waals surface area contributed by atoms with E-state index < -0.39 is 44.8 Å². The summed E-state index contributed by atoms with van der Waals surface area (Å²) in [6.07, 6.45) is -10.8. The molecule has 0 aliphatic rings. The Morgan fingerprint density at radius 3 is 1.36 bits per heavy atom.